The largest absolute Gasteiger partial charge is 0.465 e. The van der Waals surface area contributed by atoms with Crippen LogP contribution in [0.4, 0.5) is 13.6 Å². The number of nitrogens with zero attached hydrogens (tertiary/aromatic N) is 2. The van der Waals surface area contributed by atoms with E-state index in [1.165, 1.54) is 36.4 Å². The first-order valence-electron chi connectivity index (χ1n) is 8.68. The van der Waals surface area contributed by atoms with Gasteiger partial charge in [0, 0.05) is 24.5 Å². The van der Waals surface area contributed by atoms with Crippen LogP contribution in [0.5, 0.6) is 0 Å². The monoisotopic (exact) mass is 437 g/mol. The molecule has 0 aliphatic carbocycles. The third kappa shape index (κ3) is 4.16. The molecule has 0 aliphatic heterocycles. The molecular formula is C19H17F2N3O5S. The Morgan fingerprint density at radius 2 is 1.97 bits per heavy atom. The lowest BCUT2D eigenvalue weighted by molar-refractivity contribution is 0.194. The van der Waals surface area contributed by atoms with Gasteiger partial charge in [0.2, 0.25) is 5.95 Å². The van der Waals surface area contributed by atoms with Crippen LogP contribution in [-0.4, -0.2) is 40.2 Å². The van der Waals surface area contributed by atoms with Crippen LogP contribution in [0.1, 0.15) is 11.1 Å². The summed E-state index contributed by atoms with van der Waals surface area (Å²) in [6.45, 7) is -0.579. The van der Waals surface area contributed by atoms with Gasteiger partial charge in [-0.15, -0.1) is 0 Å². The Kier molecular flexibility index (Phi) is 6.13. The molecule has 0 spiro atoms. The molecule has 3 N–H and O–H groups in total. The molecule has 3 aromatic rings. The molecule has 2 aromatic heterocycles. The van der Waals surface area contributed by atoms with Crippen molar-refractivity contribution < 1.29 is 32.2 Å². The molecule has 0 atom stereocenters. The molecular weight excluding hydrogens is 420 g/mol. The van der Waals surface area contributed by atoms with Crippen molar-refractivity contribution >= 4 is 16.1 Å². The number of rotatable bonds is 7. The molecule has 0 unspecified atom stereocenters. The average Bonchev–Trinajstić information content (AvgIpc) is 3.05. The fourth-order valence-electron chi connectivity index (χ4n) is 2.90. The fourth-order valence-corrected chi connectivity index (χ4v) is 4.36. The lowest BCUT2D eigenvalue weighted by Gasteiger charge is -2.11. The predicted molar refractivity (Wildman–Crippen MR) is 102 cm³/mol. The Morgan fingerprint density at radius 3 is 2.63 bits per heavy atom. The predicted octanol–water partition coefficient (Wildman–Crippen LogP) is 2.37. The number of pyridine rings is 1. The minimum atomic E-state index is -4.38. The maximum atomic E-state index is 15.2. The minimum absolute atomic E-state index is 0.121. The summed E-state index contributed by atoms with van der Waals surface area (Å²) < 4.78 is 56.5. The number of aromatic nitrogens is 2. The summed E-state index contributed by atoms with van der Waals surface area (Å²) >= 11 is 0. The second-order valence-electron chi connectivity index (χ2n) is 6.25. The highest BCUT2D eigenvalue weighted by Crippen LogP contribution is 2.32. The minimum Gasteiger partial charge on any atom is -0.465 e. The number of carboxylic acid groups (broad SMARTS) is 1. The van der Waals surface area contributed by atoms with Crippen LogP contribution in [0, 0.1) is 11.8 Å². The molecule has 8 nitrogen and oxygen atoms in total. The van der Waals surface area contributed by atoms with Crippen LogP contribution in [0.15, 0.2) is 53.7 Å². The highest BCUT2D eigenvalue weighted by molar-refractivity contribution is 7.90. The normalized spacial score (nSPS) is 11.4. The van der Waals surface area contributed by atoms with Crippen molar-refractivity contribution in [2.75, 3.05) is 6.54 Å². The lowest BCUT2D eigenvalue weighted by atomic mass is 10.1. The molecule has 0 fully saturated rings. The number of halogens is 2. The summed E-state index contributed by atoms with van der Waals surface area (Å²) in [6, 6.07) is 7.94. The second-order valence-corrected chi connectivity index (χ2v) is 8.06. The number of hydrogen-bond acceptors (Lipinski definition) is 5. The van der Waals surface area contributed by atoms with Crippen molar-refractivity contribution in [1.29, 1.82) is 0 Å². The van der Waals surface area contributed by atoms with Gasteiger partial charge in [0.05, 0.1) is 17.1 Å². The summed E-state index contributed by atoms with van der Waals surface area (Å²) in [5, 5.41) is 20.0. The summed E-state index contributed by atoms with van der Waals surface area (Å²) in [5.74, 6) is -2.07. The molecule has 11 heteroatoms. The zero-order chi connectivity index (χ0) is 21.9. The van der Waals surface area contributed by atoms with Gasteiger partial charge in [-0.3, -0.25) is 0 Å². The quantitative estimate of drug-likeness (QED) is 0.488. The van der Waals surface area contributed by atoms with Crippen LogP contribution in [0.25, 0.3) is 11.3 Å². The SMILES string of the molecule is O=C(O)NCCc1cn(S(=O)(=O)c2cccc(CO)c2)c(-c2cccnc2F)c1F. The van der Waals surface area contributed by atoms with Gasteiger partial charge >= 0.3 is 6.09 Å². The number of nitrogens with one attached hydrogen (secondary N) is 1. The highest BCUT2D eigenvalue weighted by atomic mass is 32.2. The van der Waals surface area contributed by atoms with Gasteiger partial charge < -0.3 is 15.5 Å². The van der Waals surface area contributed by atoms with Gasteiger partial charge in [-0.25, -0.2) is 26.6 Å². The van der Waals surface area contributed by atoms with E-state index in [9.17, 15) is 22.7 Å². The Balaban J connectivity index is 2.19. The Hall–Kier alpha value is -3.31. The van der Waals surface area contributed by atoms with Crippen molar-refractivity contribution in [3.8, 4) is 11.3 Å². The van der Waals surface area contributed by atoms with E-state index in [4.69, 9.17) is 5.11 Å². The number of benzene rings is 1. The van der Waals surface area contributed by atoms with Gasteiger partial charge in [0.1, 0.15) is 5.69 Å². The molecule has 158 valence electrons. The number of carbonyl (C=O) groups is 1. The van der Waals surface area contributed by atoms with Crippen LogP contribution < -0.4 is 5.32 Å². The molecule has 0 saturated heterocycles. The van der Waals surface area contributed by atoms with Crippen LogP contribution in [0.3, 0.4) is 0 Å². The molecule has 0 bridgehead atoms. The third-order valence-electron chi connectivity index (χ3n) is 4.31. The van der Waals surface area contributed by atoms with E-state index in [1.807, 2.05) is 0 Å². The molecule has 0 radical (unpaired) electrons. The Bertz CT molecular complexity index is 1190. The smallest absolute Gasteiger partial charge is 0.404 e. The van der Waals surface area contributed by atoms with E-state index in [1.54, 1.807) is 0 Å². The maximum absolute atomic E-state index is 15.2. The summed E-state index contributed by atoms with van der Waals surface area (Å²) in [4.78, 5) is 13.9. The number of hydrogen-bond donors (Lipinski definition) is 3. The number of amides is 1. The van der Waals surface area contributed by atoms with Crippen molar-refractivity contribution in [3.05, 3.63) is 71.7 Å². The van der Waals surface area contributed by atoms with Gasteiger partial charge in [-0.2, -0.15) is 4.39 Å². The van der Waals surface area contributed by atoms with Gasteiger partial charge in [-0.05, 0) is 36.2 Å². The van der Waals surface area contributed by atoms with Crippen LogP contribution >= 0.6 is 0 Å². The molecule has 1 amide bonds. The van der Waals surface area contributed by atoms with Crippen LogP contribution in [0.2, 0.25) is 0 Å². The maximum Gasteiger partial charge on any atom is 0.404 e. The Labute approximate surface area is 170 Å². The van der Waals surface area contributed by atoms with E-state index in [0.29, 0.717) is 9.54 Å². The van der Waals surface area contributed by atoms with Crippen LogP contribution in [-0.2, 0) is 23.1 Å². The van der Waals surface area contributed by atoms with Crippen molar-refractivity contribution in [3.63, 3.8) is 0 Å². The lowest BCUT2D eigenvalue weighted by Crippen LogP contribution is -2.23. The topological polar surface area (TPSA) is 122 Å². The summed E-state index contributed by atoms with van der Waals surface area (Å²) in [7, 11) is -4.38. The Morgan fingerprint density at radius 1 is 1.20 bits per heavy atom. The number of aliphatic hydroxyl groups excluding tert-OH is 1. The molecule has 3 rings (SSSR count). The molecule has 0 aliphatic rings. The zero-order valence-corrected chi connectivity index (χ0v) is 16.2. The molecule has 30 heavy (non-hydrogen) atoms. The molecule has 0 saturated carbocycles. The summed E-state index contributed by atoms with van der Waals surface area (Å²) in [6.07, 6.45) is 0.649. The van der Waals surface area contributed by atoms with Gasteiger partial charge in [-0.1, -0.05) is 12.1 Å². The van der Waals surface area contributed by atoms with E-state index >= 15 is 4.39 Å². The average molecular weight is 437 g/mol. The van der Waals surface area contributed by atoms with E-state index < -0.39 is 40.2 Å². The highest BCUT2D eigenvalue weighted by Gasteiger charge is 2.28. The third-order valence-corrected chi connectivity index (χ3v) is 5.96. The zero-order valence-electron chi connectivity index (χ0n) is 15.4. The first kappa shape index (κ1) is 21.4. The standard InChI is InChI=1S/C19H17F2N3O5S/c20-16-13(6-8-23-19(26)27)10-24(17(16)15-5-2-7-22-18(15)21)30(28,29)14-4-1-3-12(9-14)11-25/h1-5,7,9-10,23,25H,6,8,11H2,(H,26,27). The van der Waals surface area contributed by atoms with Crippen molar-refractivity contribution in [2.24, 2.45) is 0 Å². The fraction of sp³-hybridized carbons (Fsp3) is 0.158. The first-order valence-corrected chi connectivity index (χ1v) is 10.1. The van der Waals surface area contributed by atoms with Gasteiger partial charge in [0.25, 0.3) is 10.0 Å². The van der Waals surface area contributed by atoms with E-state index in [-0.39, 0.29) is 29.0 Å². The van der Waals surface area contributed by atoms with Crippen molar-refractivity contribution in [1.82, 2.24) is 14.3 Å². The first-order chi connectivity index (χ1) is 14.3. The van der Waals surface area contributed by atoms with E-state index in [2.05, 4.69) is 10.3 Å². The number of aliphatic hydroxyl groups is 1. The summed E-state index contributed by atoms with van der Waals surface area (Å²) in [5.41, 5.74) is -0.720. The second kappa shape index (κ2) is 8.59. The van der Waals surface area contributed by atoms with Gasteiger partial charge in [0.15, 0.2) is 5.82 Å². The van der Waals surface area contributed by atoms with Crippen molar-refractivity contribution in [2.45, 2.75) is 17.9 Å². The molecule has 2 heterocycles. The van der Waals surface area contributed by atoms with E-state index in [0.717, 1.165) is 12.4 Å². The molecule has 1 aromatic carbocycles.